The number of carbonyl (C=O) groups is 3. The molecule has 6 nitrogen and oxygen atoms in total. The molecule has 0 aromatic rings. The summed E-state index contributed by atoms with van der Waals surface area (Å²) < 4.78 is 16.9. The SMILES string of the molecule is CCCCCC/C=C\CCCCCCCCCC(=O)OC(COC(=O)CCCCCCCCCCCCCCC)COC(=O)CCCCCCCCCCCCCCCCCCC. The Morgan fingerprint density at radius 3 is 0.810 bits per heavy atom. The fourth-order valence-electron chi connectivity index (χ4n) is 8.50. The summed E-state index contributed by atoms with van der Waals surface area (Å²) in [5.74, 6) is -0.848. The summed E-state index contributed by atoms with van der Waals surface area (Å²) in [7, 11) is 0. The molecule has 372 valence electrons. The number of ether oxygens (including phenoxy) is 3. The predicted molar refractivity (Wildman–Crippen MR) is 270 cm³/mol. The monoisotopic (exact) mass is 889 g/mol. The number of rotatable bonds is 52. The maximum atomic E-state index is 12.8. The Bertz CT molecular complexity index is 978. The third-order valence-electron chi connectivity index (χ3n) is 12.8. The Balaban J connectivity index is 4.31. The molecule has 0 amide bonds. The highest BCUT2D eigenvalue weighted by Gasteiger charge is 2.19. The van der Waals surface area contributed by atoms with Crippen LogP contribution in [0.4, 0.5) is 0 Å². The molecule has 0 aliphatic rings. The minimum atomic E-state index is -0.766. The van der Waals surface area contributed by atoms with E-state index in [0.717, 1.165) is 57.8 Å². The lowest BCUT2D eigenvalue weighted by atomic mass is 10.0. The van der Waals surface area contributed by atoms with Crippen molar-refractivity contribution < 1.29 is 28.6 Å². The lowest BCUT2D eigenvalue weighted by molar-refractivity contribution is -0.167. The molecule has 0 aromatic heterocycles. The first-order chi connectivity index (χ1) is 31.0. The van der Waals surface area contributed by atoms with E-state index < -0.39 is 6.10 Å². The predicted octanol–water partition coefficient (Wildman–Crippen LogP) is 18.5. The maximum Gasteiger partial charge on any atom is 0.306 e. The molecule has 1 unspecified atom stereocenters. The van der Waals surface area contributed by atoms with Gasteiger partial charge in [0.05, 0.1) is 0 Å². The lowest BCUT2D eigenvalue weighted by Crippen LogP contribution is -2.30. The second-order valence-corrected chi connectivity index (χ2v) is 19.2. The van der Waals surface area contributed by atoms with E-state index in [0.29, 0.717) is 19.3 Å². The first-order valence-electron chi connectivity index (χ1n) is 28.2. The zero-order valence-electron chi connectivity index (χ0n) is 42.6. The van der Waals surface area contributed by atoms with E-state index >= 15 is 0 Å². The summed E-state index contributed by atoms with van der Waals surface area (Å²) in [5, 5.41) is 0. The number of unbranched alkanes of at least 4 members (excludes halogenated alkanes) is 39. The van der Waals surface area contributed by atoms with Gasteiger partial charge in [-0.05, 0) is 44.9 Å². The van der Waals surface area contributed by atoms with Crippen LogP contribution in [0.25, 0.3) is 0 Å². The summed E-state index contributed by atoms with van der Waals surface area (Å²) in [6.45, 7) is 6.67. The molecule has 1 atom stereocenters. The zero-order valence-corrected chi connectivity index (χ0v) is 42.6. The van der Waals surface area contributed by atoms with Gasteiger partial charge in [0.1, 0.15) is 13.2 Å². The van der Waals surface area contributed by atoms with Crippen molar-refractivity contribution in [1.29, 1.82) is 0 Å². The molecule has 0 bridgehead atoms. The van der Waals surface area contributed by atoms with Gasteiger partial charge < -0.3 is 14.2 Å². The van der Waals surface area contributed by atoms with Gasteiger partial charge in [-0.15, -0.1) is 0 Å². The van der Waals surface area contributed by atoms with Gasteiger partial charge in [0.15, 0.2) is 6.10 Å². The van der Waals surface area contributed by atoms with E-state index in [1.807, 2.05) is 0 Å². The first kappa shape index (κ1) is 61.1. The molecular formula is C57H108O6. The number of carbonyl (C=O) groups excluding carboxylic acids is 3. The van der Waals surface area contributed by atoms with Crippen LogP contribution in [0.2, 0.25) is 0 Å². The van der Waals surface area contributed by atoms with Crippen molar-refractivity contribution in [1.82, 2.24) is 0 Å². The van der Waals surface area contributed by atoms with Gasteiger partial charge in [-0.1, -0.05) is 264 Å². The molecule has 63 heavy (non-hydrogen) atoms. The summed E-state index contributed by atoms with van der Waals surface area (Å²) in [5.41, 5.74) is 0. The van der Waals surface area contributed by atoms with Crippen LogP contribution in [-0.2, 0) is 28.6 Å². The number of allylic oxidation sites excluding steroid dienone is 2. The standard InChI is InChI=1S/C57H108O6/c1-4-7-10-13-16-19-22-25-27-28-30-32-35-38-41-44-47-50-56(59)62-53-54(52-61-55(58)49-46-43-40-37-34-31-24-21-18-15-12-9-6-3)63-57(60)51-48-45-42-39-36-33-29-26-23-20-17-14-11-8-5-2/h20,23,54H,4-19,21-22,24-53H2,1-3H3/b23-20-. The summed E-state index contributed by atoms with van der Waals surface area (Å²) >= 11 is 0. The van der Waals surface area contributed by atoms with Crippen LogP contribution >= 0.6 is 0 Å². The van der Waals surface area contributed by atoms with Crippen molar-refractivity contribution in [3.63, 3.8) is 0 Å². The Morgan fingerprint density at radius 2 is 0.524 bits per heavy atom. The topological polar surface area (TPSA) is 78.9 Å². The Kier molecular flexibility index (Phi) is 51.2. The third kappa shape index (κ3) is 51.0. The normalized spacial score (nSPS) is 12.0. The first-order valence-corrected chi connectivity index (χ1v) is 28.2. The minimum absolute atomic E-state index is 0.0659. The van der Waals surface area contributed by atoms with Crippen molar-refractivity contribution in [2.45, 2.75) is 322 Å². The van der Waals surface area contributed by atoms with Crippen LogP contribution in [0, 0.1) is 0 Å². The summed E-state index contributed by atoms with van der Waals surface area (Å²) in [6.07, 6.45) is 59.1. The highest BCUT2D eigenvalue weighted by Crippen LogP contribution is 2.17. The van der Waals surface area contributed by atoms with E-state index in [1.54, 1.807) is 0 Å². The molecule has 0 N–H and O–H groups in total. The number of esters is 3. The van der Waals surface area contributed by atoms with E-state index in [-0.39, 0.29) is 31.1 Å². The van der Waals surface area contributed by atoms with Crippen LogP contribution in [0.3, 0.4) is 0 Å². The van der Waals surface area contributed by atoms with Gasteiger partial charge in [0.25, 0.3) is 0 Å². The van der Waals surface area contributed by atoms with Crippen molar-refractivity contribution in [3.05, 3.63) is 12.2 Å². The van der Waals surface area contributed by atoms with Crippen molar-refractivity contribution in [3.8, 4) is 0 Å². The zero-order chi connectivity index (χ0) is 45.8. The fraction of sp³-hybridized carbons (Fsp3) is 0.912. The molecule has 0 heterocycles. The van der Waals surface area contributed by atoms with Crippen molar-refractivity contribution in [2.75, 3.05) is 13.2 Å². The van der Waals surface area contributed by atoms with Gasteiger partial charge in [-0.3, -0.25) is 14.4 Å². The van der Waals surface area contributed by atoms with Crippen LogP contribution in [0.1, 0.15) is 316 Å². The van der Waals surface area contributed by atoms with Crippen molar-refractivity contribution >= 4 is 17.9 Å². The highest BCUT2D eigenvalue weighted by atomic mass is 16.6. The largest absolute Gasteiger partial charge is 0.462 e. The quantitative estimate of drug-likeness (QED) is 0.0262. The van der Waals surface area contributed by atoms with Gasteiger partial charge in [0.2, 0.25) is 0 Å². The summed E-state index contributed by atoms with van der Waals surface area (Å²) in [4.78, 5) is 38.1. The van der Waals surface area contributed by atoms with Crippen molar-refractivity contribution in [2.24, 2.45) is 0 Å². The molecule has 0 fully saturated rings. The molecule has 0 radical (unpaired) electrons. The minimum Gasteiger partial charge on any atom is -0.462 e. The van der Waals surface area contributed by atoms with Crippen LogP contribution < -0.4 is 0 Å². The third-order valence-corrected chi connectivity index (χ3v) is 12.8. The highest BCUT2D eigenvalue weighted by molar-refractivity contribution is 5.71. The van der Waals surface area contributed by atoms with Crippen LogP contribution in [0.5, 0.6) is 0 Å². The fourth-order valence-corrected chi connectivity index (χ4v) is 8.50. The van der Waals surface area contributed by atoms with Crippen LogP contribution in [-0.4, -0.2) is 37.2 Å². The maximum absolute atomic E-state index is 12.8. The second kappa shape index (κ2) is 52.8. The molecule has 6 heteroatoms. The van der Waals surface area contributed by atoms with Crippen LogP contribution in [0.15, 0.2) is 12.2 Å². The molecule has 0 aromatic carbocycles. The van der Waals surface area contributed by atoms with Gasteiger partial charge in [-0.2, -0.15) is 0 Å². The van der Waals surface area contributed by atoms with E-state index in [1.165, 1.54) is 218 Å². The average molecular weight is 889 g/mol. The van der Waals surface area contributed by atoms with E-state index in [2.05, 4.69) is 32.9 Å². The van der Waals surface area contributed by atoms with Gasteiger partial charge in [0, 0.05) is 19.3 Å². The molecule has 0 saturated carbocycles. The number of hydrogen-bond acceptors (Lipinski definition) is 6. The molecule has 0 aliphatic carbocycles. The summed E-state index contributed by atoms with van der Waals surface area (Å²) in [6, 6.07) is 0. The molecule has 0 spiro atoms. The molecule has 0 saturated heterocycles. The second-order valence-electron chi connectivity index (χ2n) is 19.2. The Labute approximate surface area is 392 Å². The van der Waals surface area contributed by atoms with E-state index in [4.69, 9.17) is 14.2 Å². The molecule has 0 rings (SSSR count). The lowest BCUT2D eigenvalue weighted by Gasteiger charge is -2.18. The molecule has 0 aliphatic heterocycles. The average Bonchev–Trinajstić information content (AvgIpc) is 3.28. The van der Waals surface area contributed by atoms with Gasteiger partial charge in [-0.25, -0.2) is 0 Å². The molecular weight excluding hydrogens is 781 g/mol. The Hall–Kier alpha value is -1.85. The number of hydrogen-bond donors (Lipinski definition) is 0. The smallest absolute Gasteiger partial charge is 0.306 e. The van der Waals surface area contributed by atoms with E-state index in [9.17, 15) is 14.4 Å². The van der Waals surface area contributed by atoms with Gasteiger partial charge >= 0.3 is 17.9 Å². The Morgan fingerprint density at radius 1 is 0.302 bits per heavy atom.